The molecular weight excluding hydrogens is 431 g/mol. The zero-order chi connectivity index (χ0) is 23.7. The molecule has 1 fully saturated rings. The molecule has 1 saturated heterocycles. The average Bonchev–Trinajstić information content (AvgIpc) is 3.09. The minimum absolute atomic E-state index is 0.0254. The van der Waals surface area contributed by atoms with Crippen molar-refractivity contribution in [3.8, 4) is 0 Å². The number of halogens is 3. The molecule has 0 aliphatic carbocycles. The van der Waals surface area contributed by atoms with Crippen molar-refractivity contribution >= 4 is 11.9 Å². The minimum Gasteiger partial charge on any atom is -0.475 e. The molecule has 0 aromatic carbocycles. The topological polar surface area (TPSA) is 84.2 Å². The lowest BCUT2D eigenvalue weighted by atomic mass is 10.0. The molecule has 32 heavy (non-hydrogen) atoms. The van der Waals surface area contributed by atoms with E-state index < -0.39 is 12.1 Å². The average molecular weight is 463 g/mol. The minimum atomic E-state index is -5.08. The molecule has 1 unspecified atom stereocenters. The highest BCUT2D eigenvalue weighted by atomic mass is 19.4. The molecule has 0 spiro atoms. The second-order valence-corrected chi connectivity index (χ2v) is 8.22. The van der Waals surface area contributed by atoms with Crippen LogP contribution in [0.15, 0.2) is 18.3 Å². The van der Waals surface area contributed by atoms with Crippen molar-refractivity contribution in [2.75, 3.05) is 47.1 Å². The summed E-state index contributed by atoms with van der Waals surface area (Å²) in [4.78, 5) is 24.7. The molecule has 1 amide bonds. The lowest BCUT2D eigenvalue weighted by Crippen LogP contribution is -2.41. The molecule has 2 aliphatic heterocycles. The summed E-state index contributed by atoms with van der Waals surface area (Å²) in [6, 6.07) is 5.00. The fourth-order valence-electron chi connectivity index (χ4n) is 3.76. The molecule has 1 atom stereocenters. The molecule has 1 aromatic heterocycles. The lowest BCUT2D eigenvalue weighted by Gasteiger charge is -2.34. The van der Waals surface area contributed by atoms with Crippen LogP contribution in [0.5, 0.6) is 0 Å². The standard InChI is InChI=1S/C19H31N3O3.C2HF3O2/c1-20(2)19(23)15-25-9-5-16-12-21-8-3-4-18(21)14-22(13-16)17-6-10-24-11-7-17;3-2(4,5)1(6)7/h3-4,8,16-17H,5-7,9-15H2,1-2H3;(H,6,7). The van der Waals surface area contributed by atoms with Crippen molar-refractivity contribution in [2.24, 2.45) is 5.92 Å². The number of rotatable bonds is 6. The summed E-state index contributed by atoms with van der Waals surface area (Å²) in [7, 11) is 3.52. The molecule has 182 valence electrons. The van der Waals surface area contributed by atoms with Gasteiger partial charge in [-0.15, -0.1) is 0 Å². The SMILES string of the molecule is CN(C)C(=O)COCCC1CN(C2CCOCC2)Cc2cccn2C1.O=C(O)C(F)(F)F. The van der Waals surface area contributed by atoms with Crippen LogP contribution in [0.2, 0.25) is 0 Å². The van der Waals surface area contributed by atoms with Gasteiger partial charge in [0, 0.05) is 71.5 Å². The van der Waals surface area contributed by atoms with Crippen LogP contribution in [0.25, 0.3) is 0 Å². The van der Waals surface area contributed by atoms with Gasteiger partial charge < -0.3 is 24.0 Å². The molecule has 0 radical (unpaired) electrons. The second kappa shape index (κ2) is 12.2. The van der Waals surface area contributed by atoms with Crippen molar-refractivity contribution in [3.63, 3.8) is 0 Å². The van der Waals surface area contributed by atoms with Gasteiger partial charge in [0.25, 0.3) is 0 Å². The van der Waals surface area contributed by atoms with Crippen molar-refractivity contribution in [1.29, 1.82) is 0 Å². The number of carboxylic acid groups (broad SMARTS) is 1. The lowest BCUT2D eigenvalue weighted by molar-refractivity contribution is -0.192. The summed E-state index contributed by atoms with van der Waals surface area (Å²) in [6.45, 7) is 5.73. The first kappa shape index (κ1) is 26.1. The zero-order valence-corrected chi connectivity index (χ0v) is 18.5. The fourth-order valence-corrected chi connectivity index (χ4v) is 3.76. The number of hydrogen-bond donors (Lipinski definition) is 1. The van der Waals surface area contributed by atoms with E-state index in [0.29, 0.717) is 18.6 Å². The van der Waals surface area contributed by atoms with Crippen molar-refractivity contribution in [2.45, 2.75) is 44.6 Å². The summed E-state index contributed by atoms with van der Waals surface area (Å²) >= 11 is 0. The molecule has 2 aliphatic rings. The molecule has 8 nitrogen and oxygen atoms in total. The Hall–Kier alpha value is -2.11. The fraction of sp³-hybridized carbons (Fsp3) is 0.714. The quantitative estimate of drug-likeness (QED) is 0.652. The Bertz CT molecular complexity index is 733. The number of fused-ring (bicyclic) bond motifs is 1. The van der Waals surface area contributed by atoms with E-state index in [2.05, 4.69) is 27.8 Å². The van der Waals surface area contributed by atoms with Gasteiger partial charge in [0.2, 0.25) is 5.91 Å². The van der Waals surface area contributed by atoms with Crippen LogP contribution in [0, 0.1) is 5.92 Å². The molecule has 0 saturated carbocycles. The number of amides is 1. The third-order valence-electron chi connectivity index (χ3n) is 5.58. The van der Waals surface area contributed by atoms with Crippen molar-refractivity contribution < 1.29 is 37.3 Å². The number of carbonyl (C=O) groups excluding carboxylic acids is 1. The number of ether oxygens (including phenoxy) is 2. The Labute approximate surface area is 185 Å². The largest absolute Gasteiger partial charge is 0.490 e. The van der Waals surface area contributed by atoms with E-state index in [0.717, 1.165) is 52.1 Å². The molecule has 3 heterocycles. The summed E-state index contributed by atoms with van der Waals surface area (Å²) < 4.78 is 45.3. The van der Waals surface area contributed by atoms with Crippen molar-refractivity contribution in [3.05, 3.63) is 24.0 Å². The van der Waals surface area contributed by atoms with Crippen LogP contribution in [0.4, 0.5) is 13.2 Å². The predicted octanol–water partition coefficient (Wildman–Crippen LogP) is 2.23. The van der Waals surface area contributed by atoms with Crippen molar-refractivity contribution in [1.82, 2.24) is 14.4 Å². The van der Waals surface area contributed by atoms with E-state index in [9.17, 15) is 18.0 Å². The van der Waals surface area contributed by atoms with E-state index in [1.54, 1.807) is 19.0 Å². The van der Waals surface area contributed by atoms with Crippen LogP contribution in [-0.2, 0) is 32.2 Å². The number of aromatic nitrogens is 1. The number of alkyl halides is 3. The van der Waals surface area contributed by atoms with Gasteiger partial charge in [-0.1, -0.05) is 0 Å². The number of carbonyl (C=O) groups is 2. The smallest absolute Gasteiger partial charge is 0.475 e. The summed E-state index contributed by atoms with van der Waals surface area (Å²) in [5, 5.41) is 7.12. The maximum absolute atomic E-state index is 11.6. The van der Waals surface area contributed by atoms with Crippen LogP contribution in [0.3, 0.4) is 0 Å². The maximum atomic E-state index is 11.6. The van der Waals surface area contributed by atoms with Crippen LogP contribution in [0.1, 0.15) is 25.0 Å². The maximum Gasteiger partial charge on any atom is 0.490 e. The highest BCUT2D eigenvalue weighted by Crippen LogP contribution is 2.24. The number of nitrogens with zero attached hydrogens (tertiary/aromatic N) is 3. The number of carboxylic acids is 1. The van der Waals surface area contributed by atoms with E-state index in [-0.39, 0.29) is 12.5 Å². The first-order valence-electron chi connectivity index (χ1n) is 10.6. The molecule has 1 aromatic rings. The number of aliphatic carboxylic acids is 1. The second-order valence-electron chi connectivity index (χ2n) is 8.22. The summed E-state index contributed by atoms with van der Waals surface area (Å²) in [5.74, 6) is -2.18. The summed E-state index contributed by atoms with van der Waals surface area (Å²) in [6.07, 6.45) is 0.340. The first-order chi connectivity index (χ1) is 15.1. The molecule has 0 bridgehead atoms. The summed E-state index contributed by atoms with van der Waals surface area (Å²) in [5.41, 5.74) is 1.40. The van der Waals surface area contributed by atoms with Gasteiger partial charge in [-0.25, -0.2) is 4.79 Å². The van der Waals surface area contributed by atoms with Gasteiger partial charge in [0.05, 0.1) is 0 Å². The third-order valence-corrected chi connectivity index (χ3v) is 5.58. The van der Waals surface area contributed by atoms with Crippen LogP contribution >= 0.6 is 0 Å². The van der Waals surface area contributed by atoms with Crippen LogP contribution in [-0.4, -0.2) is 90.6 Å². The monoisotopic (exact) mass is 463 g/mol. The highest BCUT2D eigenvalue weighted by molar-refractivity contribution is 5.76. The number of likely N-dealkylation sites (N-methyl/N-ethyl adjacent to an activating group) is 1. The molecule has 11 heteroatoms. The van der Waals surface area contributed by atoms with Crippen LogP contribution < -0.4 is 0 Å². The Morgan fingerprint density at radius 2 is 1.91 bits per heavy atom. The van der Waals surface area contributed by atoms with Gasteiger partial charge in [-0.2, -0.15) is 13.2 Å². The Balaban J connectivity index is 0.000000451. The van der Waals surface area contributed by atoms with Gasteiger partial charge >= 0.3 is 12.1 Å². The number of hydrogen-bond acceptors (Lipinski definition) is 5. The Morgan fingerprint density at radius 3 is 2.50 bits per heavy atom. The third kappa shape index (κ3) is 8.44. The van der Waals surface area contributed by atoms with Gasteiger partial charge in [-0.05, 0) is 37.3 Å². The van der Waals surface area contributed by atoms with Gasteiger partial charge in [0.1, 0.15) is 6.61 Å². The van der Waals surface area contributed by atoms with Gasteiger partial charge in [0.15, 0.2) is 0 Å². The predicted molar refractivity (Wildman–Crippen MR) is 110 cm³/mol. The molecule has 1 N–H and O–H groups in total. The zero-order valence-electron chi connectivity index (χ0n) is 18.5. The van der Waals surface area contributed by atoms with Gasteiger partial charge in [-0.3, -0.25) is 9.69 Å². The Kier molecular flexibility index (Phi) is 9.98. The molecule has 3 rings (SSSR count). The van der Waals surface area contributed by atoms with E-state index in [4.69, 9.17) is 19.4 Å². The van der Waals surface area contributed by atoms with E-state index >= 15 is 0 Å². The molecular formula is C21H32F3N3O5. The first-order valence-corrected chi connectivity index (χ1v) is 10.6. The highest BCUT2D eigenvalue weighted by Gasteiger charge is 2.38. The van der Waals surface area contributed by atoms with E-state index in [1.165, 1.54) is 5.69 Å². The van der Waals surface area contributed by atoms with E-state index in [1.807, 2.05) is 0 Å². The Morgan fingerprint density at radius 1 is 1.25 bits per heavy atom. The normalized spacial score (nSPS) is 20.0.